The lowest BCUT2D eigenvalue weighted by molar-refractivity contribution is 0.197. The van der Waals surface area contributed by atoms with Crippen molar-refractivity contribution in [2.24, 2.45) is 0 Å². The van der Waals surface area contributed by atoms with Gasteiger partial charge in [0.05, 0.1) is 17.1 Å². The van der Waals surface area contributed by atoms with Gasteiger partial charge in [-0.05, 0) is 127 Å². The SMILES string of the molecule is CC.CC.CC.CC.CC1=C2C=CC=CN2C1C.CC1=C2CCCCN2C1C.CC1=C2CCCN2C1C.CC1=C2SC=CN2C1C. The topological polar surface area (TPSA) is 13.0 Å². The molecule has 8 aliphatic heterocycles. The van der Waals surface area contributed by atoms with Crippen molar-refractivity contribution < 1.29 is 0 Å². The predicted octanol–water partition coefficient (Wildman–Crippen LogP) is 12.2. The molecule has 4 unspecified atom stereocenters. The van der Waals surface area contributed by atoms with Gasteiger partial charge in [-0.2, -0.15) is 0 Å². The van der Waals surface area contributed by atoms with Crippen LogP contribution >= 0.6 is 11.8 Å². The zero-order valence-electron chi connectivity index (χ0n) is 32.9. The third kappa shape index (κ3) is 8.99. The van der Waals surface area contributed by atoms with Crippen LogP contribution in [0.3, 0.4) is 0 Å². The Morgan fingerprint density at radius 1 is 0.543 bits per heavy atom. The van der Waals surface area contributed by atoms with E-state index in [4.69, 9.17) is 0 Å². The Kier molecular flexibility index (Phi) is 18.9. The Morgan fingerprint density at radius 3 is 1.54 bits per heavy atom. The van der Waals surface area contributed by atoms with Gasteiger partial charge < -0.3 is 19.6 Å². The fourth-order valence-electron chi connectivity index (χ4n) is 6.76. The fourth-order valence-corrected chi connectivity index (χ4v) is 7.78. The molecule has 0 aromatic heterocycles. The third-order valence-electron chi connectivity index (χ3n) is 10.0. The molecular formula is C41H72N4S. The largest absolute Gasteiger partial charge is 0.368 e. The lowest BCUT2D eigenvalue weighted by Crippen LogP contribution is -2.45. The highest BCUT2D eigenvalue weighted by Gasteiger charge is 2.34. The number of rotatable bonds is 0. The van der Waals surface area contributed by atoms with Gasteiger partial charge in [0, 0.05) is 54.7 Å². The number of hydrogen-bond donors (Lipinski definition) is 0. The summed E-state index contributed by atoms with van der Waals surface area (Å²) in [6, 6.07) is 2.81. The lowest BCUT2D eigenvalue weighted by atomic mass is 9.89. The van der Waals surface area contributed by atoms with Crippen LogP contribution in [0.4, 0.5) is 0 Å². The summed E-state index contributed by atoms with van der Waals surface area (Å²) in [6.45, 7) is 36.6. The van der Waals surface area contributed by atoms with Crippen molar-refractivity contribution >= 4 is 11.8 Å². The van der Waals surface area contributed by atoms with Crippen molar-refractivity contribution in [2.45, 2.75) is 167 Å². The molecule has 5 heteroatoms. The average molecular weight is 653 g/mol. The number of nitrogens with zero attached hydrogens (tertiary/aromatic N) is 4. The van der Waals surface area contributed by atoms with Crippen LogP contribution in [0, 0.1) is 0 Å². The van der Waals surface area contributed by atoms with E-state index in [-0.39, 0.29) is 0 Å². The minimum Gasteiger partial charge on any atom is -0.368 e. The first-order valence-electron chi connectivity index (χ1n) is 18.8. The van der Waals surface area contributed by atoms with E-state index in [0.29, 0.717) is 12.1 Å². The number of allylic oxidation sites excluding steroid dienone is 5. The van der Waals surface area contributed by atoms with E-state index in [0.717, 1.165) is 12.1 Å². The van der Waals surface area contributed by atoms with Gasteiger partial charge in [-0.3, -0.25) is 0 Å². The molecule has 2 fully saturated rings. The molecule has 0 bridgehead atoms. The first kappa shape index (κ1) is 41.8. The van der Waals surface area contributed by atoms with Crippen LogP contribution in [0.2, 0.25) is 0 Å². The minimum absolute atomic E-state index is 0.621. The summed E-state index contributed by atoms with van der Waals surface area (Å²) in [5, 5.41) is 3.59. The van der Waals surface area contributed by atoms with E-state index in [1.54, 1.807) is 22.5 Å². The maximum Gasteiger partial charge on any atom is 0.0806 e. The zero-order chi connectivity index (χ0) is 35.1. The molecule has 8 aliphatic rings. The normalized spacial score (nSPS) is 26.1. The molecule has 4 nitrogen and oxygen atoms in total. The number of thioether (sulfide) groups is 1. The van der Waals surface area contributed by atoms with Gasteiger partial charge in [0.15, 0.2) is 0 Å². The molecular weight excluding hydrogens is 581 g/mol. The van der Waals surface area contributed by atoms with Crippen LogP contribution < -0.4 is 0 Å². The molecule has 0 saturated carbocycles. The van der Waals surface area contributed by atoms with Crippen LogP contribution in [-0.4, -0.2) is 56.9 Å². The maximum absolute atomic E-state index is 2.55. The first-order valence-corrected chi connectivity index (χ1v) is 19.7. The predicted molar refractivity (Wildman–Crippen MR) is 209 cm³/mol. The standard InChI is InChI=1S/C9H15N.C9H11N.C8H13N.C7H9NS.4C2H6/c2*1-7-8(2)10-6-4-3-5-9(7)10;1-6-7(2)9-5-3-4-8(6)9;1-5-6(2)8-3-4-9-7(5)8;4*1-2/h8H,3-6H2,1-2H3;3-6,8H,1-2H3;7H,3-5H2,1-2H3;3-4,6H,1-2H3;4*1-2H3. The van der Waals surface area contributed by atoms with Crippen LogP contribution in [-0.2, 0) is 0 Å². The van der Waals surface area contributed by atoms with Crippen molar-refractivity contribution in [3.05, 3.63) is 80.4 Å². The summed E-state index contributed by atoms with van der Waals surface area (Å²) in [7, 11) is 0. The highest BCUT2D eigenvalue weighted by atomic mass is 32.2. The van der Waals surface area contributed by atoms with Gasteiger partial charge >= 0.3 is 0 Å². The molecule has 2 saturated heterocycles. The quantitative estimate of drug-likeness (QED) is 0.257. The Bertz CT molecular complexity index is 1160. The summed E-state index contributed by atoms with van der Waals surface area (Å²) in [4.78, 5) is 9.67. The molecule has 0 N–H and O–H groups in total. The number of piperidine rings is 1. The van der Waals surface area contributed by atoms with Crippen LogP contribution in [0.1, 0.15) is 143 Å². The highest BCUT2D eigenvalue weighted by Crippen LogP contribution is 2.43. The van der Waals surface area contributed by atoms with Crippen molar-refractivity contribution in [1.82, 2.24) is 19.6 Å². The highest BCUT2D eigenvalue weighted by molar-refractivity contribution is 8.06. The molecule has 0 aliphatic carbocycles. The second-order valence-corrected chi connectivity index (χ2v) is 12.8. The van der Waals surface area contributed by atoms with E-state index in [1.165, 1.54) is 67.1 Å². The van der Waals surface area contributed by atoms with Gasteiger partial charge in [-0.25, -0.2) is 0 Å². The van der Waals surface area contributed by atoms with Crippen LogP contribution in [0.15, 0.2) is 80.4 Å². The summed E-state index contributed by atoms with van der Waals surface area (Å²) >= 11 is 1.83. The second-order valence-electron chi connectivity index (χ2n) is 11.9. The van der Waals surface area contributed by atoms with Crippen molar-refractivity contribution in [2.75, 3.05) is 13.1 Å². The van der Waals surface area contributed by atoms with Crippen molar-refractivity contribution in [3.63, 3.8) is 0 Å². The number of fused-ring (bicyclic) bond motifs is 4. The monoisotopic (exact) mass is 653 g/mol. The third-order valence-corrected chi connectivity index (χ3v) is 11.0. The molecule has 0 aromatic rings. The van der Waals surface area contributed by atoms with Crippen molar-refractivity contribution in [1.29, 1.82) is 0 Å². The number of hydrogen-bond acceptors (Lipinski definition) is 5. The summed E-state index contributed by atoms with van der Waals surface area (Å²) in [6.07, 6.45) is 17.5. The zero-order valence-corrected chi connectivity index (χ0v) is 33.7. The summed E-state index contributed by atoms with van der Waals surface area (Å²) in [5.74, 6) is 0. The van der Waals surface area contributed by atoms with Gasteiger partial charge in [-0.15, -0.1) is 0 Å². The summed E-state index contributed by atoms with van der Waals surface area (Å²) in [5.41, 5.74) is 11.0. The van der Waals surface area contributed by atoms with Crippen LogP contribution in [0.5, 0.6) is 0 Å². The van der Waals surface area contributed by atoms with Gasteiger partial charge in [0.1, 0.15) is 0 Å². The van der Waals surface area contributed by atoms with Gasteiger partial charge in [0.25, 0.3) is 0 Å². The molecule has 262 valence electrons. The molecule has 0 radical (unpaired) electrons. The Balaban J connectivity index is 0.000000286. The lowest BCUT2D eigenvalue weighted by Gasteiger charge is -2.47. The van der Waals surface area contributed by atoms with Crippen LogP contribution in [0.25, 0.3) is 0 Å². The molecule has 4 atom stereocenters. The minimum atomic E-state index is 0.621. The van der Waals surface area contributed by atoms with E-state index < -0.39 is 0 Å². The van der Waals surface area contributed by atoms with E-state index in [1.807, 2.05) is 67.2 Å². The Hall–Kier alpha value is -2.27. The van der Waals surface area contributed by atoms with Gasteiger partial charge in [0.2, 0.25) is 0 Å². The van der Waals surface area contributed by atoms with E-state index in [2.05, 4.69) is 111 Å². The first-order chi connectivity index (χ1) is 22.2. The molecule has 46 heavy (non-hydrogen) atoms. The Labute approximate surface area is 291 Å². The van der Waals surface area contributed by atoms with E-state index >= 15 is 0 Å². The van der Waals surface area contributed by atoms with Crippen molar-refractivity contribution in [3.8, 4) is 0 Å². The molecule has 8 rings (SSSR count). The maximum atomic E-state index is 2.55. The van der Waals surface area contributed by atoms with Gasteiger partial charge in [-0.1, -0.05) is 73.2 Å². The molecule has 0 amide bonds. The molecule has 0 spiro atoms. The van der Waals surface area contributed by atoms with E-state index in [9.17, 15) is 0 Å². The smallest absolute Gasteiger partial charge is 0.0806 e. The average Bonchev–Trinajstić information content (AvgIpc) is 3.81. The Morgan fingerprint density at radius 2 is 1.04 bits per heavy atom. The molecule has 0 aromatic carbocycles. The molecule has 8 heterocycles. The summed E-state index contributed by atoms with van der Waals surface area (Å²) < 4.78 is 0. The fraction of sp³-hybridized carbons (Fsp3) is 0.659. The second kappa shape index (κ2) is 20.9.